The first-order valence-electron chi connectivity index (χ1n) is 6.59. The van der Waals surface area contributed by atoms with E-state index in [2.05, 4.69) is 24.4 Å². The van der Waals surface area contributed by atoms with Crippen molar-refractivity contribution in [3.05, 3.63) is 45.1 Å². The van der Waals surface area contributed by atoms with Crippen molar-refractivity contribution < 1.29 is 9.47 Å². The molecular weight excluding hydrogens is 294 g/mol. The lowest BCUT2D eigenvalue weighted by atomic mass is 10.1. The van der Waals surface area contributed by atoms with Crippen LogP contribution in [0, 0.1) is 0 Å². The second kappa shape index (κ2) is 6.04. The zero-order valence-corrected chi connectivity index (χ0v) is 12.8. The van der Waals surface area contributed by atoms with Crippen LogP contribution in [-0.4, -0.2) is 13.2 Å². The van der Waals surface area contributed by atoms with Crippen molar-refractivity contribution in [1.82, 2.24) is 5.32 Å². The Kier molecular flexibility index (Phi) is 4.15. The molecule has 1 aromatic carbocycles. The lowest BCUT2D eigenvalue weighted by Gasteiger charge is -2.21. The Morgan fingerprint density at radius 1 is 1.20 bits per heavy atom. The van der Waals surface area contributed by atoms with Crippen LogP contribution in [0.1, 0.15) is 23.4 Å². The molecule has 0 spiro atoms. The topological polar surface area (TPSA) is 30.5 Å². The van der Waals surface area contributed by atoms with E-state index in [9.17, 15) is 0 Å². The Bertz CT molecular complexity index is 599. The van der Waals surface area contributed by atoms with Crippen LogP contribution in [0.15, 0.2) is 30.3 Å². The molecule has 3 nitrogen and oxygen atoms in total. The highest BCUT2D eigenvalue weighted by atomic mass is 35.5. The number of thiophene rings is 1. The third kappa shape index (κ3) is 3.08. The van der Waals surface area contributed by atoms with Crippen molar-refractivity contribution in [2.75, 3.05) is 13.2 Å². The fourth-order valence-electron chi connectivity index (χ4n) is 2.15. The Morgan fingerprint density at radius 2 is 2.00 bits per heavy atom. The summed E-state index contributed by atoms with van der Waals surface area (Å²) in [5, 5.41) is 3.49. The number of nitrogens with one attached hydrogen (secondary N) is 1. The zero-order valence-electron chi connectivity index (χ0n) is 11.2. The molecule has 2 heterocycles. The molecule has 0 amide bonds. The van der Waals surface area contributed by atoms with Crippen LogP contribution in [0.2, 0.25) is 4.34 Å². The van der Waals surface area contributed by atoms with Gasteiger partial charge in [-0.3, -0.25) is 0 Å². The van der Waals surface area contributed by atoms with Crippen molar-refractivity contribution in [3.8, 4) is 11.5 Å². The number of rotatable bonds is 4. The molecule has 0 saturated carbocycles. The van der Waals surface area contributed by atoms with Gasteiger partial charge in [-0.25, -0.2) is 0 Å². The van der Waals surface area contributed by atoms with Crippen LogP contribution >= 0.6 is 22.9 Å². The lowest BCUT2D eigenvalue weighted by Crippen LogP contribution is -2.19. The van der Waals surface area contributed by atoms with Gasteiger partial charge in [-0.1, -0.05) is 17.7 Å². The summed E-state index contributed by atoms with van der Waals surface area (Å²) in [5.41, 5.74) is 1.19. The molecular formula is C15H16ClNO2S. The SMILES string of the molecule is CC(NCc1ccc(Cl)s1)c1ccc2c(c1)OCCO2. The van der Waals surface area contributed by atoms with Gasteiger partial charge in [0.1, 0.15) is 13.2 Å². The highest BCUT2D eigenvalue weighted by Gasteiger charge is 2.14. The number of ether oxygens (including phenoxy) is 2. The molecule has 1 aliphatic heterocycles. The minimum atomic E-state index is 0.242. The second-order valence-corrected chi connectivity index (χ2v) is 6.51. The van der Waals surface area contributed by atoms with Crippen LogP contribution < -0.4 is 14.8 Å². The summed E-state index contributed by atoms with van der Waals surface area (Å²) in [6.45, 7) is 4.19. The molecule has 0 radical (unpaired) electrons. The molecule has 0 bridgehead atoms. The molecule has 1 atom stereocenters. The third-order valence-corrected chi connectivity index (χ3v) is 4.51. The Labute approximate surface area is 127 Å². The quantitative estimate of drug-likeness (QED) is 0.925. The van der Waals surface area contributed by atoms with Crippen molar-refractivity contribution in [1.29, 1.82) is 0 Å². The molecule has 0 fully saturated rings. The van der Waals surface area contributed by atoms with Gasteiger partial charge in [-0.15, -0.1) is 11.3 Å². The summed E-state index contributed by atoms with van der Waals surface area (Å²) in [6.07, 6.45) is 0. The maximum atomic E-state index is 5.93. The van der Waals surface area contributed by atoms with Gasteiger partial charge < -0.3 is 14.8 Å². The van der Waals surface area contributed by atoms with E-state index in [0.29, 0.717) is 13.2 Å². The third-order valence-electron chi connectivity index (χ3n) is 3.28. The average molecular weight is 310 g/mol. The summed E-state index contributed by atoms with van der Waals surface area (Å²) in [6, 6.07) is 10.3. The van der Waals surface area contributed by atoms with Crippen molar-refractivity contribution in [3.63, 3.8) is 0 Å². The summed E-state index contributed by atoms with van der Waals surface area (Å²) in [7, 11) is 0. The zero-order chi connectivity index (χ0) is 13.9. The molecule has 1 unspecified atom stereocenters. The molecule has 3 rings (SSSR count). The molecule has 1 N–H and O–H groups in total. The monoisotopic (exact) mass is 309 g/mol. The smallest absolute Gasteiger partial charge is 0.161 e. The fourth-order valence-corrected chi connectivity index (χ4v) is 3.19. The van der Waals surface area contributed by atoms with Crippen LogP contribution in [-0.2, 0) is 6.54 Å². The molecule has 2 aromatic rings. The van der Waals surface area contributed by atoms with Crippen molar-refractivity contribution >= 4 is 22.9 Å². The van der Waals surface area contributed by atoms with Gasteiger partial charge in [-0.2, -0.15) is 0 Å². The molecule has 0 aliphatic carbocycles. The van der Waals surface area contributed by atoms with Crippen molar-refractivity contribution in [2.24, 2.45) is 0 Å². The summed E-state index contributed by atoms with van der Waals surface area (Å²) >= 11 is 7.54. The van der Waals surface area contributed by atoms with E-state index >= 15 is 0 Å². The van der Waals surface area contributed by atoms with E-state index < -0.39 is 0 Å². The Hall–Kier alpha value is -1.23. The summed E-state index contributed by atoms with van der Waals surface area (Å²) in [5.74, 6) is 1.67. The van der Waals surface area contributed by atoms with Gasteiger partial charge >= 0.3 is 0 Å². The van der Waals surface area contributed by atoms with Crippen LogP contribution in [0.3, 0.4) is 0 Å². The molecule has 20 heavy (non-hydrogen) atoms. The highest BCUT2D eigenvalue weighted by Crippen LogP contribution is 2.32. The predicted octanol–water partition coefficient (Wildman–Crippen LogP) is 4.02. The predicted molar refractivity (Wildman–Crippen MR) is 82.0 cm³/mol. The summed E-state index contributed by atoms with van der Waals surface area (Å²) in [4.78, 5) is 1.24. The van der Waals surface area contributed by atoms with E-state index in [4.69, 9.17) is 21.1 Å². The standard InChI is InChI=1S/C15H16ClNO2S/c1-10(17-9-12-3-5-15(16)20-12)11-2-4-13-14(8-11)19-7-6-18-13/h2-5,8,10,17H,6-7,9H2,1H3. The molecule has 106 valence electrons. The molecule has 0 saturated heterocycles. The Balaban J connectivity index is 1.66. The fraction of sp³-hybridized carbons (Fsp3) is 0.333. The van der Waals surface area contributed by atoms with E-state index in [1.807, 2.05) is 18.2 Å². The van der Waals surface area contributed by atoms with E-state index in [1.54, 1.807) is 11.3 Å². The largest absolute Gasteiger partial charge is 0.486 e. The maximum absolute atomic E-state index is 5.93. The minimum absolute atomic E-state index is 0.242. The van der Waals surface area contributed by atoms with Crippen LogP contribution in [0.5, 0.6) is 11.5 Å². The first kappa shape index (κ1) is 13.7. The summed E-state index contributed by atoms with van der Waals surface area (Å²) < 4.78 is 12.0. The van der Waals surface area contributed by atoms with Gasteiger partial charge in [0, 0.05) is 17.5 Å². The Morgan fingerprint density at radius 3 is 2.75 bits per heavy atom. The first-order valence-corrected chi connectivity index (χ1v) is 7.79. The second-order valence-electron chi connectivity index (χ2n) is 4.71. The van der Waals surface area contributed by atoms with Gasteiger partial charge in [0.25, 0.3) is 0 Å². The highest BCUT2D eigenvalue weighted by molar-refractivity contribution is 7.16. The molecule has 1 aliphatic rings. The number of hydrogen-bond donors (Lipinski definition) is 1. The lowest BCUT2D eigenvalue weighted by molar-refractivity contribution is 0.171. The number of hydrogen-bond acceptors (Lipinski definition) is 4. The van der Waals surface area contributed by atoms with E-state index in [0.717, 1.165) is 22.4 Å². The molecule has 1 aromatic heterocycles. The minimum Gasteiger partial charge on any atom is -0.486 e. The van der Waals surface area contributed by atoms with Gasteiger partial charge in [0.2, 0.25) is 0 Å². The average Bonchev–Trinajstić information content (AvgIpc) is 2.90. The van der Waals surface area contributed by atoms with E-state index in [-0.39, 0.29) is 6.04 Å². The maximum Gasteiger partial charge on any atom is 0.161 e. The molecule has 5 heteroatoms. The van der Waals surface area contributed by atoms with Gasteiger partial charge in [0.05, 0.1) is 4.34 Å². The number of halogens is 1. The van der Waals surface area contributed by atoms with E-state index in [1.165, 1.54) is 10.4 Å². The van der Waals surface area contributed by atoms with Crippen molar-refractivity contribution in [2.45, 2.75) is 19.5 Å². The number of benzene rings is 1. The van der Waals surface area contributed by atoms with Gasteiger partial charge in [0.15, 0.2) is 11.5 Å². The number of fused-ring (bicyclic) bond motifs is 1. The van der Waals surface area contributed by atoms with Crippen LogP contribution in [0.4, 0.5) is 0 Å². The van der Waals surface area contributed by atoms with Crippen LogP contribution in [0.25, 0.3) is 0 Å². The normalized spacial score (nSPS) is 15.1. The van der Waals surface area contributed by atoms with Gasteiger partial charge in [-0.05, 0) is 36.8 Å². The first-order chi connectivity index (χ1) is 9.72.